The molecule has 2 aromatic carbocycles. The number of rotatable bonds is 5. The fraction of sp³-hybridized carbons (Fsp3) is 0.125. The summed E-state index contributed by atoms with van der Waals surface area (Å²) in [4.78, 5) is 11.9. The Hall–Kier alpha value is -3.22. The molecule has 0 saturated carbocycles. The van der Waals surface area contributed by atoms with Crippen molar-refractivity contribution in [3.05, 3.63) is 47.5 Å². The zero-order valence-corrected chi connectivity index (χ0v) is 12.6. The lowest BCUT2D eigenvalue weighted by molar-refractivity contribution is 0.0954. The van der Waals surface area contributed by atoms with Gasteiger partial charge in [0.2, 0.25) is 0 Å². The molecule has 1 amide bonds. The first-order chi connectivity index (χ1) is 11.0. The van der Waals surface area contributed by atoms with Crippen LogP contribution in [0.4, 0.5) is 0 Å². The van der Waals surface area contributed by atoms with Crippen LogP contribution in [0.25, 0.3) is 0 Å². The first-order valence-electron chi connectivity index (χ1n) is 6.62. The number of nitrogens with one attached hydrogen (secondary N) is 1. The monoisotopic (exact) mass is 316 g/mol. The highest BCUT2D eigenvalue weighted by molar-refractivity contribution is 5.95. The van der Waals surface area contributed by atoms with Crippen molar-refractivity contribution < 1.29 is 24.5 Å². The Labute approximate surface area is 132 Å². The van der Waals surface area contributed by atoms with Crippen LogP contribution in [0.2, 0.25) is 0 Å². The van der Waals surface area contributed by atoms with E-state index in [1.807, 2.05) is 0 Å². The second kappa shape index (κ2) is 7.17. The largest absolute Gasteiger partial charge is 0.508 e. The van der Waals surface area contributed by atoms with E-state index >= 15 is 0 Å². The summed E-state index contributed by atoms with van der Waals surface area (Å²) >= 11 is 0. The zero-order valence-electron chi connectivity index (χ0n) is 12.6. The summed E-state index contributed by atoms with van der Waals surface area (Å²) < 4.78 is 10.3. The highest BCUT2D eigenvalue weighted by Crippen LogP contribution is 2.26. The molecule has 0 spiro atoms. The van der Waals surface area contributed by atoms with E-state index < -0.39 is 5.91 Å². The molecule has 3 N–H and O–H groups in total. The van der Waals surface area contributed by atoms with E-state index in [1.54, 1.807) is 18.2 Å². The van der Waals surface area contributed by atoms with Crippen LogP contribution in [0.3, 0.4) is 0 Å². The van der Waals surface area contributed by atoms with Gasteiger partial charge in [0.05, 0.1) is 20.4 Å². The summed E-state index contributed by atoms with van der Waals surface area (Å²) in [5, 5.41) is 22.5. The molecule has 0 aliphatic heterocycles. The molecule has 2 aromatic rings. The lowest BCUT2D eigenvalue weighted by Crippen LogP contribution is -2.17. The van der Waals surface area contributed by atoms with E-state index in [0.717, 1.165) is 6.07 Å². The van der Waals surface area contributed by atoms with Crippen LogP contribution in [-0.2, 0) is 0 Å². The molecule has 7 nitrogen and oxygen atoms in total. The third-order valence-corrected chi connectivity index (χ3v) is 2.95. The van der Waals surface area contributed by atoms with Crippen molar-refractivity contribution in [1.29, 1.82) is 0 Å². The van der Waals surface area contributed by atoms with Crippen LogP contribution < -0.4 is 14.9 Å². The van der Waals surface area contributed by atoms with Crippen LogP contribution in [0.1, 0.15) is 15.9 Å². The number of ether oxygens (including phenoxy) is 2. The summed E-state index contributed by atoms with van der Waals surface area (Å²) in [5.74, 6) is 0.149. The number of phenols is 2. The van der Waals surface area contributed by atoms with E-state index in [1.165, 1.54) is 32.6 Å². The molecule has 0 saturated heterocycles. The predicted molar refractivity (Wildman–Crippen MR) is 84.4 cm³/mol. The molecular weight excluding hydrogens is 300 g/mol. The first kappa shape index (κ1) is 16.2. The maximum atomic E-state index is 11.9. The molecule has 0 aliphatic rings. The van der Waals surface area contributed by atoms with Gasteiger partial charge in [0, 0.05) is 11.6 Å². The third-order valence-electron chi connectivity index (χ3n) is 2.95. The first-order valence-corrected chi connectivity index (χ1v) is 6.62. The van der Waals surface area contributed by atoms with Crippen molar-refractivity contribution in [2.24, 2.45) is 5.10 Å². The number of benzene rings is 2. The van der Waals surface area contributed by atoms with Gasteiger partial charge < -0.3 is 19.7 Å². The summed E-state index contributed by atoms with van der Waals surface area (Å²) in [5.41, 5.74) is 3.09. The number of carbonyl (C=O) groups is 1. The van der Waals surface area contributed by atoms with Gasteiger partial charge in [-0.2, -0.15) is 5.10 Å². The van der Waals surface area contributed by atoms with Gasteiger partial charge in [-0.25, -0.2) is 5.43 Å². The van der Waals surface area contributed by atoms with Crippen molar-refractivity contribution in [2.75, 3.05) is 14.2 Å². The Morgan fingerprint density at radius 1 is 1.04 bits per heavy atom. The molecule has 7 heteroatoms. The standard InChI is InChI=1S/C16H16N2O5/c1-22-14-4-3-10(5-15(14)23-2)9-17-18-16(21)11-6-12(19)8-13(20)7-11/h3-9,19-20H,1-2H3,(H,18,21)/b17-9+. The molecule has 0 aromatic heterocycles. The molecule has 0 unspecified atom stereocenters. The summed E-state index contributed by atoms with van der Waals surface area (Å²) in [6, 6.07) is 8.74. The van der Waals surface area contributed by atoms with Gasteiger partial charge in [-0.15, -0.1) is 0 Å². The Bertz CT molecular complexity index is 723. The highest BCUT2D eigenvalue weighted by Gasteiger charge is 2.07. The summed E-state index contributed by atoms with van der Waals surface area (Å²) in [6.45, 7) is 0. The van der Waals surface area contributed by atoms with E-state index in [-0.39, 0.29) is 17.1 Å². The summed E-state index contributed by atoms with van der Waals surface area (Å²) in [6.07, 6.45) is 1.43. The van der Waals surface area contributed by atoms with E-state index in [9.17, 15) is 15.0 Å². The maximum Gasteiger partial charge on any atom is 0.271 e. The molecule has 23 heavy (non-hydrogen) atoms. The molecule has 120 valence electrons. The van der Waals surface area contributed by atoms with Crippen molar-refractivity contribution in [2.45, 2.75) is 0 Å². The Morgan fingerprint density at radius 3 is 2.30 bits per heavy atom. The van der Waals surface area contributed by atoms with Gasteiger partial charge >= 0.3 is 0 Å². The van der Waals surface area contributed by atoms with Crippen molar-refractivity contribution in [3.63, 3.8) is 0 Å². The lowest BCUT2D eigenvalue weighted by Gasteiger charge is -2.07. The zero-order chi connectivity index (χ0) is 16.8. The van der Waals surface area contributed by atoms with Crippen molar-refractivity contribution in [3.8, 4) is 23.0 Å². The Morgan fingerprint density at radius 2 is 1.70 bits per heavy atom. The molecular formula is C16H16N2O5. The number of nitrogens with zero attached hydrogens (tertiary/aromatic N) is 1. The molecule has 0 aliphatic carbocycles. The van der Waals surface area contributed by atoms with E-state index in [2.05, 4.69) is 10.5 Å². The minimum Gasteiger partial charge on any atom is -0.508 e. The molecule has 0 bridgehead atoms. The Kier molecular flexibility index (Phi) is 5.03. The van der Waals surface area contributed by atoms with Crippen LogP contribution in [0.15, 0.2) is 41.5 Å². The number of hydrazone groups is 1. The van der Waals surface area contributed by atoms with E-state index in [0.29, 0.717) is 17.1 Å². The number of amides is 1. The normalized spacial score (nSPS) is 10.5. The van der Waals surface area contributed by atoms with Gasteiger partial charge in [-0.1, -0.05) is 0 Å². The topological polar surface area (TPSA) is 100 Å². The smallest absolute Gasteiger partial charge is 0.271 e. The number of hydrogen-bond donors (Lipinski definition) is 3. The van der Waals surface area contributed by atoms with Gasteiger partial charge in [0.15, 0.2) is 11.5 Å². The average Bonchev–Trinajstić information content (AvgIpc) is 2.53. The van der Waals surface area contributed by atoms with Crippen LogP contribution in [-0.4, -0.2) is 36.6 Å². The maximum absolute atomic E-state index is 11.9. The van der Waals surface area contributed by atoms with Crippen LogP contribution in [0.5, 0.6) is 23.0 Å². The second-order valence-corrected chi connectivity index (χ2v) is 4.55. The Balaban J connectivity index is 2.07. The van der Waals surface area contributed by atoms with Crippen molar-refractivity contribution >= 4 is 12.1 Å². The number of hydrogen-bond acceptors (Lipinski definition) is 6. The van der Waals surface area contributed by atoms with Crippen molar-refractivity contribution in [1.82, 2.24) is 5.43 Å². The quantitative estimate of drug-likeness (QED) is 0.577. The fourth-order valence-electron chi connectivity index (χ4n) is 1.89. The van der Waals surface area contributed by atoms with E-state index in [4.69, 9.17) is 9.47 Å². The van der Waals surface area contributed by atoms with Gasteiger partial charge in [0.1, 0.15) is 11.5 Å². The number of phenolic OH excluding ortho intramolecular Hbond substituents is 2. The predicted octanol–water partition coefficient (Wildman–Crippen LogP) is 1.88. The van der Waals surface area contributed by atoms with Gasteiger partial charge in [-0.3, -0.25) is 4.79 Å². The summed E-state index contributed by atoms with van der Waals surface area (Å²) in [7, 11) is 3.06. The number of methoxy groups -OCH3 is 2. The molecule has 2 rings (SSSR count). The molecule has 0 radical (unpaired) electrons. The SMILES string of the molecule is COc1ccc(/C=N/NC(=O)c2cc(O)cc(O)c2)cc1OC. The molecule has 0 fully saturated rings. The van der Waals surface area contributed by atoms with Gasteiger partial charge in [-0.05, 0) is 35.9 Å². The fourth-order valence-corrected chi connectivity index (χ4v) is 1.89. The lowest BCUT2D eigenvalue weighted by atomic mass is 10.2. The molecule has 0 heterocycles. The van der Waals surface area contributed by atoms with Crippen LogP contribution in [0, 0.1) is 0 Å². The molecule has 0 atom stereocenters. The third kappa shape index (κ3) is 4.13. The second-order valence-electron chi connectivity index (χ2n) is 4.55. The highest BCUT2D eigenvalue weighted by atomic mass is 16.5. The van der Waals surface area contributed by atoms with Gasteiger partial charge in [0.25, 0.3) is 5.91 Å². The number of aromatic hydroxyl groups is 2. The van der Waals surface area contributed by atoms with Crippen LogP contribution >= 0.6 is 0 Å². The minimum atomic E-state index is -0.562. The minimum absolute atomic E-state index is 0.0898. The number of carbonyl (C=O) groups excluding carboxylic acids is 1. The average molecular weight is 316 g/mol.